The van der Waals surface area contributed by atoms with Gasteiger partial charge in [-0.05, 0) is 49.1 Å². The fourth-order valence-corrected chi connectivity index (χ4v) is 4.90. The lowest BCUT2D eigenvalue weighted by atomic mass is 10.0. The van der Waals surface area contributed by atoms with Crippen molar-refractivity contribution >= 4 is 33.2 Å². The van der Waals surface area contributed by atoms with E-state index in [1.165, 1.54) is 18.2 Å². The number of hydrogen-bond acceptors (Lipinski definition) is 4. The Balaban J connectivity index is 2.24. The molecule has 0 unspecified atom stereocenters. The Labute approximate surface area is 184 Å². The molecule has 0 spiro atoms. The Bertz CT molecular complexity index is 970. The van der Waals surface area contributed by atoms with Crippen molar-refractivity contribution < 1.29 is 17.9 Å². The molecule has 0 aliphatic rings. The zero-order valence-electron chi connectivity index (χ0n) is 17.9. The number of ether oxygens (including phenoxy) is 1. The summed E-state index contributed by atoms with van der Waals surface area (Å²) < 4.78 is 32.6. The third-order valence-electron chi connectivity index (χ3n) is 4.78. The fourth-order valence-electron chi connectivity index (χ4n) is 3.17. The Kier molecular flexibility index (Phi) is 8.70. The van der Waals surface area contributed by atoms with E-state index in [2.05, 4.69) is 5.32 Å². The van der Waals surface area contributed by atoms with Crippen molar-refractivity contribution in [3.05, 3.63) is 52.5 Å². The number of carbonyl (C=O) groups is 1. The molecule has 0 saturated carbocycles. The molecule has 0 aromatic heterocycles. The van der Waals surface area contributed by atoms with Crippen molar-refractivity contribution in [2.75, 3.05) is 25.0 Å². The summed E-state index contributed by atoms with van der Waals surface area (Å²) >= 11 is 6.15. The second kappa shape index (κ2) is 10.8. The molecule has 2 rings (SSSR count). The van der Waals surface area contributed by atoms with E-state index in [1.54, 1.807) is 6.92 Å². The third kappa shape index (κ3) is 5.53. The number of anilines is 1. The lowest BCUT2D eigenvalue weighted by Gasteiger charge is -2.21. The maximum absolute atomic E-state index is 13.1. The number of rotatable bonds is 10. The molecule has 0 saturated heterocycles. The molecule has 30 heavy (non-hydrogen) atoms. The molecule has 0 radical (unpaired) electrons. The second-order valence-electron chi connectivity index (χ2n) is 6.66. The van der Waals surface area contributed by atoms with Gasteiger partial charge in [-0.3, -0.25) is 4.79 Å². The molecule has 6 nitrogen and oxygen atoms in total. The minimum atomic E-state index is -3.89. The lowest BCUT2D eigenvalue weighted by Crippen LogP contribution is -2.38. The Morgan fingerprint density at radius 3 is 2.20 bits per heavy atom. The van der Waals surface area contributed by atoms with Crippen LogP contribution in [0.2, 0.25) is 5.02 Å². The number of nitrogens with one attached hydrogen (secondary N) is 1. The second-order valence-corrected chi connectivity index (χ2v) is 9.01. The van der Waals surface area contributed by atoms with Crippen LogP contribution < -0.4 is 10.1 Å². The summed E-state index contributed by atoms with van der Waals surface area (Å²) in [5.74, 6) is 0.0373. The average Bonchev–Trinajstić information content (AvgIpc) is 2.73. The van der Waals surface area contributed by atoms with Gasteiger partial charge in [-0.2, -0.15) is 4.31 Å². The summed E-state index contributed by atoms with van der Waals surface area (Å²) in [7, 11) is -3.89. The van der Waals surface area contributed by atoms with Crippen LogP contribution in [0.3, 0.4) is 0 Å². The van der Waals surface area contributed by atoms with Crippen molar-refractivity contribution in [3.63, 3.8) is 0 Å². The lowest BCUT2D eigenvalue weighted by molar-refractivity contribution is -0.116. The smallest absolute Gasteiger partial charge is 0.243 e. The van der Waals surface area contributed by atoms with Gasteiger partial charge in [0, 0.05) is 12.2 Å². The van der Waals surface area contributed by atoms with Crippen molar-refractivity contribution in [1.82, 2.24) is 4.31 Å². The van der Waals surface area contributed by atoms with Gasteiger partial charge in [0.2, 0.25) is 15.9 Å². The van der Waals surface area contributed by atoms with Crippen LogP contribution in [0.25, 0.3) is 0 Å². The van der Waals surface area contributed by atoms with Crippen LogP contribution >= 0.6 is 11.6 Å². The van der Waals surface area contributed by atoms with Gasteiger partial charge < -0.3 is 10.1 Å². The molecule has 0 fully saturated rings. The molecule has 0 atom stereocenters. The summed E-state index contributed by atoms with van der Waals surface area (Å²) in [6.07, 6.45) is 1.54. The molecule has 2 aromatic carbocycles. The molecule has 0 bridgehead atoms. The fraction of sp³-hybridized carbons (Fsp3) is 0.409. The van der Waals surface area contributed by atoms with Crippen molar-refractivity contribution in [3.8, 4) is 5.75 Å². The largest absolute Gasteiger partial charge is 0.492 e. The third-order valence-corrected chi connectivity index (χ3v) is 6.99. The van der Waals surface area contributed by atoms with Crippen LogP contribution in [0.15, 0.2) is 41.3 Å². The van der Waals surface area contributed by atoms with Crippen LogP contribution in [0, 0.1) is 0 Å². The van der Waals surface area contributed by atoms with Crippen LogP contribution in [-0.2, 0) is 27.7 Å². The number of para-hydroxylation sites is 1. The highest BCUT2D eigenvalue weighted by molar-refractivity contribution is 7.89. The van der Waals surface area contributed by atoms with E-state index in [1.807, 2.05) is 39.0 Å². The standard InChI is InChI=1S/C22H29ClN2O4S/c1-5-16-10-9-11-17(6-2)22(16)24-21(26)15-25(7-3)30(27,28)18-12-13-20(29-8-4)19(23)14-18/h9-14H,5-8,15H2,1-4H3,(H,24,26). The van der Waals surface area contributed by atoms with Crippen LogP contribution in [0.4, 0.5) is 5.69 Å². The highest BCUT2D eigenvalue weighted by Crippen LogP contribution is 2.29. The summed E-state index contributed by atoms with van der Waals surface area (Å²) in [5, 5.41) is 3.13. The number of likely N-dealkylation sites (N-methyl/N-ethyl adjacent to an activating group) is 1. The molecule has 2 aromatic rings. The van der Waals surface area contributed by atoms with Crippen molar-refractivity contribution in [2.45, 2.75) is 45.4 Å². The minimum Gasteiger partial charge on any atom is -0.492 e. The molecule has 0 aliphatic heterocycles. The summed E-state index contributed by atoms with van der Waals surface area (Å²) in [6.45, 7) is 7.83. The van der Waals surface area contributed by atoms with E-state index in [0.717, 1.165) is 34.0 Å². The van der Waals surface area contributed by atoms with Gasteiger partial charge in [0.25, 0.3) is 0 Å². The molecule has 1 amide bonds. The first-order valence-electron chi connectivity index (χ1n) is 10.1. The Morgan fingerprint density at radius 1 is 1.07 bits per heavy atom. The number of carbonyl (C=O) groups excluding carboxylic acids is 1. The Hall–Kier alpha value is -2.09. The maximum atomic E-state index is 13.1. The zero-order valence-corrected chi connectivity index (χ0v) is 19.4. The predicted octanol–water partition coefficient (Wildman–Crippen LogP) is 4.51. The molecular formula is C22H29ClN2O4S. The first-order chi connectivity index (χ1) is 14.3. The highest BCUT2D eigenvalue weighted by atomic mass is 35.5. The molecule has 0 heterocycles. The first-order valence-corrected chi connectivity index (χ1v) is 11.9. The van der Waals surface area contributed by atoms with E-state index in [-0.39, 0.29) is 28.9 Å². The topological polar surface area (TPSA) is 75.7 Å². The highest BCUT2D eigenvalue weighted by Gasteiger charge is 2.26. The predicted molar refractivity (Wildman–Crippen MR) is 121 cm³/mol. The van der Waals surface area contributed by atoms with E-state index in [0.29, 0.717) is 12.4 Å². The number of hydrogen-bond donors (Lipinski definition) is 1. The number of aryl methyl sites for hydroxylation is 2. The number of sulfonamides is 1. The number of benzene rings is 2. The minimum absolute atomic E-state index is 0.0220. The SMILES string of the molecule is CCOc1ccc(S(=O)(=O)N(CC)CC(=O)Nc2c(CC)cccc2CC)cc1Cl. The number of amides is 1. The van der Waals surface area contributed by atoms with Gasteiger partial charge in [-0.25, -0.2) is 8.42 Å². The van der Waals surface area contributed by atoms with Gasteiger partial charge in [0.1, 0.15) is 5.75 Å². The van der Waals surface area contributed by atoms with E-state index in [9.17, 15) is 13.2 Å². The molecule has 164 valence electrons. The molecule has 8 heteroatoms. The van der Waals surface area contributed by atoms with Crippen LogP contribution in [0.1, 0.15) is 38.8 Å². The van der Waals surface area contributed by atoms with Gasteiger partial charge in [-0.1, -0.05) is 50.6 Å². The van der Waals surface area contributed by atoms with Gasteiger partial charge >= 0.3 is 0 Å². The Morgan fingerprint density at radius 2 is 1.70 bits per heavy atom. The van der Waals surface area contributed by atoms with Crippen molar-refractivity contribution in [1.29, 1.82) is 0 Å². The first kappa shape index (κ1) is 24.2. The quantitative estimate of drug-likeness (QED) is 0.575. The monoisotopic (exact) mass is 452 g/mol. The summed E-state index contributed by atoms with van der Waals surface area (Å²) in [6, 6.07) is 10.2. The van der Waals surface area contributed by atoms with Gasteiger partial charge in [0.15, 0.2) is 0 Å². The van der Waals surface area contributed by atoms with Crippen LogP contribution in [-0.4, -0.2) is 38.3 Å². The van der Waals surface area contributed by atoms with Gasteiger partial charge in [0.05, 0.1) is 23.1 Å². The summed E-state index contributed by atoms with van der Waals surface area (Å²) in [5.41, 5.74) is 2.81. The average molecular weight is 453 g/mol. The molecule has 1 N–H and O–H groups in total. The van der Waals surface area contributed by atoms with E-state index >= 15 is 0 Å². The summed E-state index contributed by atoms with van der Waals surface area (Å²) in [4.78, 5) is 12.8. The van der Waals surface area contributed by atoms with E-state index in [4.69, 9.17) is 16.3 Å². The number of nitrogens with zero attached hydrogens (tertiary/aromatic N) is 1. The molecular weight excluding hydrogens is 424 g/mol. The van der Waals surface area contributed by atoms with Crippen molar-refractivity contribution in [2.24, 2.45) is 0 Å². The maximum Gasteiger partial charge on any atom is 0.243 e. The van der Waals surface area contributed by atoms with Gasteiger partial charge in [-0.15, -0.1) is 0 Å². The normalized spacial score (nSPS) is 11.5. The van der Waals surface area contributed by atoms with Crippen LogP contribution in [0.5, 0.6) is 5.75 Å². The van der Waals surface area contributed by atoms with E-state index < -0.39 is 10.0 Å². The molecule has 0 aliphatic carbocycles. The zero-order chi connectivity index (χ0) is 22.3. The number of halogens is 1.